The molecule has 1 rings (SSSR count). The number of carbonyl (C=O) groups is 1. The molecular formula is C14H22N2O2. The van der Waals surface area contributed by atoms with Gasteiger partial charge in [0.2, 0.25) is 0 Å². The zero-order chi connectivity index (χ0) is 13.4. The average molecular weight is 250 g/mol. The lowest BCUT2D eigenvalue weighted by atomic mass is 10.1. The fourth-order valence-corrected chi connectivity index (χ4v) is 1.73. The van der Waals surface area contributed by atoms with Crippen molar-refractivity contribution in [2.75, 3.05) is 6.54 Å². The topological polar surface area (TPSA) is 75.3 Å². The minimum atomic E-state index is -0.944. The Bertz CT molecular complexity index is 363. The second-order valence-corrected chi connectivity index (χ2v) is 4.48. The van der Waals surface area contributed by atoms with E-state index in [0.717, 1.165) is 19.4 Å². The third-order valence-corrected chi connectivity index (χ3v) is 2.84. The van der Waals surface area contributed by atoms with Crippen LogP contribution in [0.1, 0.15) is 30.9 Å². The molecule has 18 heavy (non-hydrogen) atoms. The Hall–Kier alpha value is -1.39. The van der Waals surface area contributed by atoms with E-state index in [-0.39, 0.29) is 0 Å². The maximum Gasteiger partial charge on any atom is 0.320 e. The lowest BCUT2D eigenvalue weighted by molar-refractivity contribution is -0.138. The molecule has 4 heteroatoms. The molecule has 0 aliphatic rings. The van der Waals surface area contributed by atoms with Crippen molar-refractivity contribution < 1.29 is 9.90 Å². The number of aryl methyl sites for hydroxylation is 1. The van der Waals surface area contributed by atoms with Crippen molar-refractivity contribution in [3.63, 3.8) is 0 Å². The highest BCUT2D eigenvalue weighted by Crippen LogP contribution is 2.06. The van der Waals surface area contributed by atoms with Crippen molar-refractivity contribution in [3.05, 3.63) is 35.4 Å². The average Bonchev–Trinajstić information content (AvgIpc) is 2.36. The van der Waals surface area contributed by atoms with Crippen molar-refractivity contribution in [1.29, 1.82) is 0 Å². The molecule has 1 unspecified atom stereocenters. The first kappa shape index (κ1) is 14.7. The molecule has 0 saturated carbocycles. The van der Waals surface area contributed by atoms with E-state index in [2.05, 4.69) is 36.5 Å². The first-order chi connectivity index (χ1) is 8.63. The Morgan fingerprint density at radius 2 is 1.94 bits per heavy atom. The van der Waals surface area contributed by atoms with Crippen LogP contribution in [0.3, 0.4) is 0 Å². The summed E-state index contributed by atoms with van der Waals surface area (Å²) in [5.74, 6) is -0.944. The lowest BCUT2D eigenvalue weighted by Crippen LogP contribution is -2.33. The van der Waals surface area contributed by atoms with Gasteiger partial charge in [0, 0.05) is 6.54 Å². The number of nitrogens with two attached hydrogens (primary N) is 1. The van der Waals surface area contributed by atoms with Crippen molar-refractivity contribution in [3.8, 4) is 0 Å². The molecule has 4 nitrogen and oxygen atoms in total. The van der Waals surface area contributed by atoms with Gasteiger partial charge in [0.1, 0.15) is 6.04 Å². The van der Waals surface area contributed by atoms with E-state index in [9.17, 15) is 4.79 Å². The number of carboxylic acids is 1. The Morgan fingerprint density at radius 1 is 1.33 bits per heavy atom. The van der Waals surface area contributed by atoms with Crippen molar-refractivity contribution in [2.24, 2.45) is 5.73 Å². The second kappa shape index (κ2) is 7.84. The third kappa shape index (κ3) is 5.29. The SMILES string of the molecule is CCCc1ccc(CNCCC(N)C(=O)O)cc1. The molecule has 0 radical (unpaired) electrons. The maximum atomic E-state index is 10.5. The number of benzene rings is 1. The minimum Gasteiger partial charge on any atom is -0.480 e. The van der Waals surface area contributed by atoms with Gasteiger partial charge in [-0.3, -0.25) is 4.79 Å². The molecule has 0 saturated heterocycles. The molecule has 1 aromatic carbocycles. The fraction of sp³-hybridized carbons (Fsp3) is 0.500. The second-order valence-electron chi connectivity index (χ2n) is 4.48. The molecule has 0 spiro atoms. The van der Waals surface area contributed by atoms with Gasteiger partial charge in [-0.2, -0.15) is 0 Å². The predicted octanol–water partition coefficient (Wildman–Crippen LogP) is 1.53. The monoisotopic (exact) mass is 250 g/mol. The number of nitrogens with one attached hydrogen (secondary N) is 1. The summed E-state index contributed by atoms with van der Waals surface area (Å²) < 4.78 is 0. The smallest absolute Gasteiger partial charge is 0.320 e. The van der Waals surface area contributed by atoms with Gasteiger partial charge in [-0.25, -0.2) is 0 Å². The Morgan fingerprint density at radius 3 is 2.50 bits per heavy atom. The van der Waals surface area contributed by atoms with E-state index in [0.29, 0.717) is 13.0 Å². The predicted molar refractivity (Wildman–Crippen MR) is 72.4 cm³/mol. The molecule has 0 aliphatic heterocycles. The number of carboxylic acid groups (broad SMARTS) is 1. The largest absolute Gasteiger partial charge is 0.480 e. The van der Waals surface area contributed by atoms with E-state index in [4.69, 9.17) is 10.8 Å². The standard InChI is InChI=1S/C14H22N2O2/c1-2-3-11-4-6-12(7-5-11)10-16-9-8-13(15)14(17)18/h4-7,13,16H,2-3,8-10,15H2,1H3,(H,17,18). The van der Waals surface area contributed by atoms with Crippen LogP contribution in [0.4, 0.5) is 0 Å². The Kier molecular flexibility index (Phi) is 6.39. The first-order valence-electron chi connectivity index (χ1n) is 6.40. The molecular weight excluding hydrogens is 228 g/mol. The third-order valence-electron chi connectivity index (χ3n) is 2.84. The summed E-state index contributed by atoms with van der Waals surface area (Å²) in [5, 5.41) is 11.8. The number of hydrogen-bond donors (Lipinski definition) is 3. The van der Waals surface area contributed by atoms with E-state index < -0.39 is 12.0 Å². The van der Waals surface area contributed by atoms with Crippen molar-refractivity contribution in [1.82, 2.24) is 5.32 Å². The molecule has 0 heterocycles. The maximum absolute atomic E-state index is 10.5. The molecule has 1 atom stereocenters. The summed E-state index contributed by atoms with van der Waals surface area (Å²) in [6, 6.07) is 7.72. The Labute approximate surface area is 108 Å². The van der Waals surface area contributed by atoms with Crippen LogP contribution in [-0.4, -0.2) is 23.7 Å². The van der Waals surface area contributed by atoms with E-state index in [1.165, 1.54) is 11.1 Å². The van der Waals surface area contributed by atoms with Crippen molar-refractivity contribution in [2.45, 2.75) is 38.8 Å². The van der Waals surface area contributed by atoms with Crippen LogP contribution in [-0.2, 0) is 17.8 Å². The highest BCUT2D eigenvalue weighted by Gasteiger charge is 2.09. The summed E-state index contributed by atoms with van der Waals surface area (Å²) in [6.07, 6.45) is 2.72. The van der Waals surface area contributed by atoms with Gasteiger partial charge in [0.05, 0.1) is 0 Å². The lowest BCUT2D eigenvalue weighted by Gasteiger charge is -2.08. The van der Waals surface area contributed by atoms with Gasteiger partial charge in [-0.15, -0.1) is 0 Å². The van der Waals surface area contributed by atoms with Crippen LogP contribution in [0.2, 0.25) is 0 Å². The molecule has 1 aromatic rings. The molecule has 0 amide bonds. The highest BCUT2D eigenvalue weighted by molar-refractivity contribution is 5.72. The zero-order valence-electron chi connectivity index (χ0n) is 10.9. The fourth-order valence-electron chi connectivity index (χ4n) is 1.73. The molecule has 100 valence electrons. The van der Waals surface area contributed by atoms with Gasteiger partial charge in [0.15, 0.2) is 0 Å². The molecule has 0 aromatic heterocycles. The van der Waals surface area contributed by atoms with E-state index >= 15 is 0 Å². The molecule has 0 aliphatic carbocycles. The summed E-state index contributed by atoms with van der Waals surface area (Å²) in [5.41, 5.74) is 7.97. The van der Waals surface area contributed by atoms with Gasteiger partial charge >= 0.3 is 5.97 Å². The van der Waals surface area contributed by atoms with Crippen LogP contribution in [0.5, 0.6) is 0 Å². The zero-order valence-corrected chi connectivity index (χ0v) is 10.9. The van der Waals surface area contributed by atoms with Crippen LogP contribution in [0.25, 0.3) is 0 Å². The summed E-state index contributed by atoms with van der Waals surface area (Å²) in [7, 11) is 0. The first-order valence-corrected chi connectivity index (χ1v) is 6.40. The number of rotatable bonds is 8. The summed E-state index contributed by atoms with van der Waals surface area (Å²) >= 11 is 0. The van der Waals surface area contributed by atoms with Gasteiger partial charge in [0.25, 0.3) is 0 Å². The van der Waals surface area contributed by atoms with Crippen LogP contribution < -0.4 is 11.1 Å². The Balaban J connectivity index is 2.25. The number of aliphatic carboxylic acids is 1. The van der Waals surface area contributed by atoms with Crippen molar-refractivity contribution >= 4 is 5.97 Å². The van der Waals surface area contributed by atoms with E-state index in [1.54, 1.807) is 0 Å². The van der Waals surface area contributed by atoms with Gasteiger partial charge in [-0.1, -0.05) is 37.6 Å². The quantitative estimate of drug-likeness (QED) is 0.612. The summed E-state index contributed by atoms with van der Waals surface area (Å²) in [4.78, 5) is 10.5. The molecule has 0 bridgehead atoms. The van der Waals surface area contributed by atoms with E-state index in [1.807, 2.05) is 0 Å². The van der Waals surface area contributed by atoms with Gasteiger partial charge in [-0.05, 0) is 30.5 Å². The molecule has 4 N–H and O–H groups in total. The van der Waals surface area contributed by atoms with Crippen LogP contribution in [0.15, 0.2) is 24.3 Å². The minimum absolute atomic E-state index is 0.448. The highest BCUT2D eigenvalue weighted by atomic mass is 16.4. The number of hydrogen-bond acceptors (Lipinski definition) is 3. The normalized spacial score (nSPS) is 12.3. The van der Waals surface area contributed by atoms with Crippen LogP contribution in [0, 0.1) is 0 Å². The van der Waals surface area contributed by atoms with Gasteiger partial charge < -0.3 is 16.2 Å². The van der Waals surface area contributed by atoms with Crippen LogP contribution >= 0.6 is 0 Å². The molecule has 0 fully saturated rings. The summed E-state index contributed by atoms with van der Waals surface area (Å²) in [6.45, 7) is 3.53.